The van der Waals surface area contributed by atoms with Crippen LogP contribution < -0.4 is 10.9 Å². The molecule has 1 N–H and O–H groups in total. The molecule has 0 saturated carbocycles. The molecule has 1 aliphatic heterocycles. The lowest BCUT2D eigenvalue weighted by Crippen LogP contribution is -2.51. The number of nitrogens with one attached hydrogen (secondary N) is 1. The first-order chi connectivity index (χ1) is 10.2. The van der Waals surface area contributed by atoms with Gasteiger partial charge in [-0.2, -0.15) is 0 Å². The third kappa shape index (κ3) is 2.60. The number of amides is 1. The number of hydrogen-bond donors (Lipinski definition) is 1. The Bertz CT molecular complexity index is 709. The molecule has 0 unspecified atom stereocenters. The fraction of sp³-hybridized carbons (Fsp3) is 0.250. The minimum absolute atomic E-state index is 0.107. The van der Waals surface area contributed by atoms with Crippen LogP contribution in [0.5, 0.6) is 0 Å². The molecule has 0 radical (unpaired) electrons. The molecule has 2 heterocycles. The molecule has 1 aliphatic rings. The van der Waals surface area contributed by atoms with Gasteiger partial charge in [0.25, 0.3) is 11.5 Å². The van der Waals surface area contributed by atoms with Gasteiger partial charge >= 0.3 is 0 Å². The first-order valence-corrected chi connectivity index (χ1v) is 6.80. The van der Waals surface area contributed by atoms with Crippen LogP contribution in [0.15, 0.2) is 53.5 Å². The Labute approximate surface area is 122 Å². The van der Waals surface area contributed by atoms with E-state index in [4.69, 9.17) is 4.74 Å². The number of aryl methyl sites for hydroxylation is 1. The summed E-state index contributed by atoms with van der Waals surface area (Å²) in [5.41, 5.74) is 0.875. The minimum atomic E-state index is -0.356. The number of nitrogens with zero attached hydrogens (tertiary/aromatic N) is 1. The highest BCUT2D eigenvalue weighted by atomic mass is 16.5. The molecular weight excluding hydrogens is 268 g/mol. The van der Waals surface area contributed by atoms with E-state index in [0.29, 0.717) is 6.61 Å². The van der Waals surface area contributed by atoms with E-state index < -0.39 is 0 Å². The number of rotatable bonds is 3. The fourth-order valence-corrected chi connectivity index (χ4v) is 2.39. The fourth-order valence-electron chi connectivity index (χ4n) is 2.39. The zero-order valence-electron chi connectivity index (χ0n) is 11.7. The third-order valence-corrected chi connectivity index (χ3v) is 3.63. The molecule has 0 spiro atoms. The van der Waals surface area contributed by atoms with Gasteiger partial charge in [0.2, 0.25) is 0 Å². The summed E-state index contributed by atoms with van der Waals surface area (Å²) < 4.78 is 6.91. The highest BCUT2D eigenvalue weighted by Crippen LogP contribution is 2.29. The SMILES string of the molecule is Cn1cccc(C(=O)N[C@@H]2CO[C@H]2c2ccccc2)c1=O. The second-order valence-electron chi connectivity index (χ2n) is 5.08. The molecule has 2 atom stereocenters. The Hall–Kier alpha value is -2.40. The zero-order valence-corrected chi connectivity index (χ0v) is 11.7. The molecule has 1 fully saturated rings. The summed E-state index contributed by atoms with van der Waals surface area (Å²) >= 11 is 0. The zero-order chi connectivity index (χ0) is 14.8. The monoisotopic (exact) mass is 284 g/mol. The van der Waals surface area contributed by atoms with Crippen LogP contribution in [-0.4, -0.2) is 23.1 Å². The van der Waals surface area contributed by atoms with Crippen molar-refractivity contribution in [3.8, 4) is 0 Å². The number of carbonyl (C=O) groups excluding carboxylic acids is 1. The van der Waals surface area contributed by atoms with Crippen molar-refractivity contribution in [1.29, 1.82) is 0 Å². The second kappa shape index (κ2) is 5.54. The van der Waals surface area contributed by atoms with Crippen molar-refractivity contribution >= 4 is 5.91 Å². The van der Waals surface area contributed by atoms with Gasteiger partial charge < -0.3 is 14.6 Å². The molecule has 1 amide bonds. The van der Waals surface area contributed by atoms with Gasteiger partial charge in [-0.15, -0.1) is 0 Å². The smallest absolute Gasteiger partial charge is 0.263 e. The quantitative estimate of drug-likeness (QED) is 0.923. The highest BCUT2D eigenvalue weighted by Gasteiger charge is 2.35. The van der Waals surface area contributed by atoms with E-state index in [2.05, 4.69) is 5.32 Å². The highest BCUT2D eigenvalue weighted by molar-refractivity contribution is 5.94. The van der Waals surface area contributed by atoms with E-state index in [1.165, 1.54) is 10.6 Å². The summed E-state index contributed by atoms with van der Waals surface area (Å²) in [5.74, 6) is -0.356. The molecule has 108 valence electrons. The summed E-state index contributed by atoms with van der Waals surface area (Å²) in [6, 6.07) is 12.8. The second-order valence-corrected chi connectivity index (χ2v) is 5.08. The van der Waals surface area contributed by atoms with Gasteiger partial charge in [0.15, 0.2) is 0 Å². The molecule has 0 bridgehead atoms. The Kier molecular flexibility index (Phi) is 3.58. The Morgan fingerprint density at radius 2 is 2.00 bits per heavy atom. The maximum Gasteiger partial charge on any atom is 0.263 e. The minimum Gasteiger partial charge on any atom is -0.369 e. The van der Waals surface area contributed by atoms with Gasteiger partial charge in [0.05, 0.1) is 12.6 Å². The van der Waals surface area contributed by atoms with Crippen molar-refractivity contribution < 1.29 is 9.53 Å². The van der Waals surface area contributed by atoms with E-state index in [0.717, 1.165) is 5.56 Å². The lowest BCUT2D eigenvalue weighted by atomic mass is 9.98. The van der Waals surface area contributed by atoms with Crippen molar-refractivity contribution in [2.24, 2.45) is 7.05 Å². The van der Waals surface area contributed by atoms with Crippen LogP contribution in [0.2, 0.25) is 0 Å². The normalized spacial score (nSPS) is 20.6. The average Bonchev–Trinajstić information content (AvgIpc) is 2.47. The summed E-state index contributed by atoms with van der Waals surface area (Å²) in [4.78, 5) is 24.1. The molecule has 1 aromatic carbocycles. The number of ether oxygens (including phenoxy) is 1. The summed E-state index contributed by atoms with van der Waals surface area (Å²) in [7, 11) is 1.62. The van der Waals surface area contributed by atoms with Crippen molar-refractivity contribution in [2.45, 2.75) is 12.1 Å². The van der Waals surface area contributed by atoms with E-state index in [-0.39, 0.29) is 29.2 Å². The number of benzene rings is 1. The van der Waals surface area contributed by atoms with Crippen LogP contribution in [0.25, 0.3) is 0 Å². The van der Waals surface area contributed by atoms with Crippen LogP contribution >= 0.6 is 0 Å². The first kappa shape index (κ1) is 13.6. The van der Waals surface area contributed by atoms with E-state index in [9.17, 15) is 9.59 Å². The van der Waals surface area contributed by atoms with Gasteiger partial charge in [-0.25, -0.2) is 0 Å². The van der Waals surface area contributed by atoms with Gasteiger partial charge in [0.1, 0.15) is 11.7 Å². The molecule has 2 aromatic rings. The van der Waals surface area contributed by atoms with Gasteiger partial charge in [-0.05, 0) is 17.7 Å². The van der Waals surface area contributed by atoms with Crippen LogP contribution in [0.1, 0.15) is 22.0 Å². The molecule has 0 aliphatic carbocycles. The van der Waals surface area contributed by atoms with Gasteiger partial charge in [-0.3, -0.25) is 9.59 Å². The summed E-state index contributed by atoms with van der Waals surface area (Å²) in [6.07, 6.45) is 1.47. The van der Waals surface area contributed by atoms with E-state index >= 15 is 0 Å². The number of aromatic nitrogens is 1. The third-order valence-electron chi connectivity index (χ3n) is 3.63. The molecule has 3 rings (SSSR count). The Balaban J connectivity index is 1.74. The molecule has 5 heteroatoms. The van der Waals surface area contributed by atoms with Crippen LogP contribution in [0.4, 0.5) is 0 Å². The van der Waals surface area contributed by atoms with Gasteiger partial charge in [0, 0.05) is 13.2 Å². The molecule has 1 saturated heterocycles. The predicted octanol–water partition coefficient (Wildman–Crippen LogP) is 1.26. The summed E-state index contributed by atoms with van der Waals surface area (Å²) in [6.45, 7) is 0.457. The largest absolute Gasteiger partial charge is 0.369 e. The Morgan fingerprint density at radius 3 is 2.67 bits per heavy atom. The van der Waals surface area contributed by atoms with Crippen molar-refractivity contribution in [3.05, 3.63) is 70.1 Å². The average molecular weight is 284 g/mol. The van der Waals surface area contributed by atoms with Crippen molar-refractivity contribution in [2.75, 3.05) is 6.61 Å². The van der Waals surface area contributed by atoms with E-state index in [1.54, 1.807) is 19.3 Å². The first-order valence-electron chi connectivity index (χ1n) is 6.80. The number of pyridine rings is 1. The van der Waals surface area contributed by atoms with Gasteiger partial charge in [-0.1, -0.05) is 30.3 Å². The molecule has 1 aromatic heterocycles. The maximum atomic E-state index is 12.2. The lowest BCUT2D eigenvalue weighted by molar-refractivity contribution is -0.0861. The molecule has 21 heavy (non-hydrogen) atoms. The predicted molar refractivity (Wildman–Crippen MR) is 78.1 cm³/mol. The standard InChI is InChI=1S/C16H16N2O3/c1-18-9-5-8-12(16(18)20)15(19)17-13-10-21-14(13)11-6-3-2-4-7-11/h2-9,13-14H,10H2,1H3,(H,17,19)/t13-,14+/m1/s1. The van der Waals surface area contributed by atoms with E-state index in [1.807, 2.05) is 30.3 Å². The number of carbonyl (C=O) groups is 1. The molecular formula is C16H16N2O3. The maximum absolute atomic E-state index is 12.2. The van der Waals surface area contributed by atoms with Crippen LogP contribution in [-0.2, 0) is 11.8 Å². The van der Waals surface area contributed by atoms with Crippen molar-refractivity contribution in [3.63, 3.8) is 0 Å². The van der Waals surface area contributed by atoms with Crippen LogP contribution in [0, 0.1) is 0 Å². The summed E-state index contributed by atoms with van der Waals surface area (Å²) in [5, 5.41) is 2.87. The Morgan fingerprint density at radius 1 is 1.24 bits per heavy atom. The molecule has 5 nitrogen and oxygen atoms in total. The van der Waals surface area contributed by atoms with Crippen LogP contribution in [0.3, 0.4) is 0 Å². The topological polar surface area (TPSA) is 60.3 Å². The number of hydrogen-bond acceptors (Lipinski definition) is 3. The van der Waals surface area contributed by atoms with Crippen molar-refractivity contribution in [1.82, 2.24) is 9.88 Å². The lowest BCUT2D eigenvalue weighted by Gasteiger charge is -2.37.